The third kappa shape index (κ3) is 2.54. The number of ether oxygens (including phenoxy) is 1. The van der Waals surface area contributed by atoms with Gasteiger partial charge in [-0.1, -0.05) is 6.92 Å². The van der Waals surface area contributed by atoms with Gasteiger partial charge in [0.05, 0.1) is 12.2 Å². The molecule has 0 radical (unpaired) electrons. The first kappa shape index (κ1) is 13.1. The van der Waals surface area contributed by atoms with Crippen LogP contribution in [0.25, 0.3) is 0 Å². The summed E-state index contributed by atoms with van der Waals surface area (Å²) in [6.07, 6.45) is 8.39. The quantitative estimate of drug-likeness (QED) is 0.843. The number of aryl methyl sites for hydroxylation is 1. The third-order valence-electron chi connectivity index (χ3n) is 4.57. The maximum absolute atomic E-state index is 5.98. The average molecular weight is 264 g/mol. The van der Waals surface area contributed by atoms with Gasteiger partial charge in [-0.3, -0.25) is 4.68 Å². The van der Waals surface area contributed by atoms with Crippen molar-refractivity contribution >= 4 is 0 Å². The molecule has 2 bridgehead atoms. The summed E-state index contributed by atoms with van der Waals surface area (Å²) >= 11 is 0. The van der Waals surface area contributed by atoms with E-state index in [4.69, 9.17) is 4.74 Å². The van der Waals surface area contributed by atoms with Crippen molar-refractivity contribution in [3.8, 4) is 0 Å². The zero-order chi connectivity index (χ0) is 13.2. The molecule has 2 aliphatic rings. The Balaban J connectivity index is 1.67. The summed E-state index contributed by atoms with van der Waals surface area (Å²) in [5.41, 5.74) is 0. The lowest BCUT2D eigenvalue weighted by molar-refractivity contribution is 0.0861. The van der Waals surface area contributed by atoms with Crippen molar-refractivity contribution in [1.82, 2.24) is 20.1 Å². The second kappa shape index (κ2) is 5.59. The molecule has 1 aromatic rings. The Bertz CT molecular complexity index is 419. The van der Waals surface area contributed by atoms with Crippen LogP contribution in [0, 0.1) is 5.92 Å². The number of hydrogen-bond acceptors (Lipinski definition) is 4. The molecule has 2 saturated heterocycles. The fourth-order valence-corrected chi connectivity index (χ4v) is 3.61. The smallest absolute Gasteiger partial charge is 0.138 e. The van der Waals surface area contributed by atoms with Gasteiger partial charge < -0.3 is 10.1 Å². The normalized spacial score (nSPS) is 30.9. The van der Waals surface area contributed by atoms with E-state index in [0.717, 1.165) is 25.2 Å². The van der Waals surface area contributed by atoms with Crippen LogP contribution in [0.15, 0.2) is 6.33 Å². The Hall–Kier alpha value is -0.940. The van der Waals surface area contributed by atoms with E-state index in [2.05, 4.69) is 29.4 Å². The molecule has 5 heteroatoms. The van der Waals surface area contributed by atoms with Gasteiger partial charge in [0.1, 0.15) is 12.2 Å². The number of fused-ring (bicyclic) bond motifs is 2. The highest BCUT2D eigenvalue weighted by Crippen LogP contribution is 2.40. The summed E-state index contributed by atoms with van der Waals surface area (Å²) in [5, 5.41) is 7.79. The van der Waals surface area contributed by atoms with Crippen LogP contribution in [0.3, 0.4) is 0 Å². The second-order valence-electron chi connectivity index (χ2n) is 5.77. The highest BCUT2D eigenvalue weighted by molar-refractivity contribution is 4.99. The predicted molar refractivity (Wildman–Crippen MR) is 72.9 cm³/mol. The van der Waals surface area contributed by atoms with Gasteiger partial charge in [0.2, 0.25) is 0 Å². The number of likely N-dealkylation sites (N-methyl/N-ethyl adjacent to an activating group) is 1. The second-order valence-corrected chi connectivity index (χ2v) is 5.77. The van der Waals surface area contributed by atoms with Crippen LogP contribution in [0.1, 0.15) is 38.4 Å². The molecule has 0 aliphatic carbocycles. The van der Waals surface area contributed by atoms with Gasteiger partial charge in [-0.15, -0.1) is 0 Å². The molecule has 106 valence electrons. The summed E-state index contributed by atoms with van der Waals surface area (Å²) in [4.78, 5) is 4.43. The number of hydrogen-bond donors (Lipinski definition) is 1. The van der Waals surface area contributed by atoms with E-state index in [1.165, 1.54) is 19.3 Å². The highest BCUT2D eigenvalue weighted by Gasteiger charge is 2.44. The molecule has 4 atom stereocenters. The summed E-state index contributed by atoms with van der Waals surface area (Å²) in [7, 11) is 2.05. The average Bonchev–Trinajstić information content (AvgIpc) is 3.12. The van der Waals surface area contributed by atoms with Crippen LogP contribution in [-0.2, 0) is 17.7 Å². The number of rotatable bonds is 6. The van der Waals surface area contributed by atoms with E-state index in [1.807, 2.05) is 4.68 Å². The van der Waals surface area contributed by atoms with Crippen molar-refractivity contribution in [3.63, 3.8) is 0 Å². The number of aromatic nitrogens is 3. The van der Waals surface area contributed by atoms with Gasteiger partial charge in [-0.2, -0.15) is 5.10 Å². The summed E-state index contributed by atoms with van der Waals surface area (Å²) in [6.45, 7) is 3.13. The van der Waals surface area contributed by atoms with Crippen molar-refractivity contribution in [1.29, 1.82) is 0 Å². The van der Waals surface area contributed by atoms with Crippen LogP contribution in [0.4, 0.5) is 0 Å². The topological polar surface area (TPSA) is 52.0 Å². The Morgan fingerprint density at radius 2 is 2.42 bits per heavy atom. The van der Waals surface area contributed by atoms with E-state index in [-0.39, 0.29) is 0 Å². The van der Waals surface area contributed by atoms with E-state index in [9.17, 15) is 0 Å². The Morgan fingerprint density at radius 3 is 3.05 bits per heavy atom. The Kier molecular flexibility index (Phi) is 3.84. The zero-order valence-electron chi connectivity index (χ0n) is 11.9. The van der Waals surface area contributed by atoms with Gasteiger partial charge in [0.25, 0.3) is 0 Å². The van der Waals surface area contributed by atoms with E-state index < -0.39 is 0 Å². The SMILES string of the molecule is CCCn1ncnc1CC(NC)C1CC2CCC1O2. The number of nitrogens with zero attached hydrogens (tertiary/aromatic N) is 3. The van der Waals surface area contributed by atoms with Crippen LogP contribution >= 0.6 is 0 Å². The molecule has 1 N–H and O–H groups in total. The minimum atomic E-state index is 0.454. The first-order valence-electron chi connectivity index (χ1n) is 7.51. The molecule has 0 spiro atoms. The molecule has 5 nitrogen and oxygen atoms in total. The van der Waals surface area contributed by atoms with Crippen LogP contribution in [0.2, 0.25) is 0 Å². The van der Waals surface area contributed by atoms with Crippen LogP contribution in [-0.4, -0.2) is 40.1 Å². The molecule has 2 aliphatic heterocycles. The first-order chi connectivity index (χ1) is 9.31. The van der Waals surface area contributed by atoms with Gasteiger partial charge in [-0.05, 0) is 32.7 Å². The summed E-state index contributed by atoms with van der Waals surface area (Å²) in [6, 6.07) is 0.454. The third-order valence-corrected chi connectivity index (χ3v) is 4.57. The molecule has 19 heavy (non-hydrogen) atoms. The van der Waals surface area contributed by atoms with Gasteiger partial charge in [-0.25, -0.2) is 4.98 Å². The van der Waals surface area contributed by atoms with E-state index in [0.29, 0.717) is 24.2 Å². The fraction of sp³-hybridized carbons (Fsp3) is 0.857. The van der Waals surface area contributed by atoms with Gasteiger partial charge in [0.15, 0.2) is 0 Å². The maximum Gasteiger partial charge on any atom is 0.138 e. The zero-order valence-corrected chi connectivity index (χ0v) is 11.9. The lowest BCUT2D eigenvalue weighted by Crippen LogP contribution is -2.41. The van der Waals surface area contributed by atoms with Crippen molar-refractivity contribution in [3.05, 3.63) is 12.2 Å². The lowest BCUT2D eigenvalue weighted by Gasteiger charge is -2.28. The minimum absolute atomic E-state index is 0.454. The molecule has 4 unspecified atom stereocenters. The molecule has 0 saturated carbocycles. The molecule has 0 amide bonds. The summed E-state index contributed by atoms with van der Waals surface area (Å²) < 4.78 is 8.02. The fourth-order valence-electron chi connectivity index (χ4n) is 3.61. The van der Waals surface area contributed by atoms with Crippen molar-refractivity contribution in [2.75, 3.05) is 7.05 Å². The molecular weight excluding hydrogens is 240 g/mol. The van der Waals surface area contributed by atoms with E-state index >= 15 is 0 Å². The van der Waals surface area contributed by atoms with Gasteiger partial charge in [0, 0.05) is 24.9 Å². The van der Waals surface area contributed by atoms with Gasteiger partial charge >= 0.3 is 0 Å². The molecule has 0 aromatic carbocycles. The van der Waals surface area contributed by atoms with E-state index in [1.54, 1.807) is 6.33 Å². The molecular formula is C14H24N4O. The molecule has 3 heterocycles. The predicted octanol–water partition coefficient (Wildman–Crippen LogP) is 1.39. The monoisotopic (exact) mass is 264 g/mol. The summed E-state index contributed by atoms with van der Waals surface area (Å²) in [5.74, 6) is 1.74. The minimum Gasteiger partial charge on any atom is -0.375 e. The maximum atomic E-state index is 5.98. The standard InChI is InChI=1S/C14H24N4O/c1-3-6-18-14(16-9-17-18)8-12(15-2)11-7-10-4-5-13(11)19-10/h9-13,15H,3-8H2,1-2H3. The molecule has 1 aromatic heterocycles. The first-order valence-corrected chi connectivity index (χ1v) is 7.51. The molecule has 2 fully saturated rings. The largest absolute Gasteiger partial charge is 0.375 e. The Morgan fingerprint density at radius 1 is 1.53 bits per heavy atom. The van der Waals surface area contributed by atoms with Crippen molar-refractivity contribution in [2.45, 2.75) is 63.8 Å². The highest BCUT2D eigenvalue weighted by atomic mass is 16.5. The van der Waals surface area contributed by atoms with Crippen molar-refractivity contribution in [2.24, 2.45) is 5.92 Å². The van der Waals surface area contributed by atoms with Crippen LogP contribution < -0.4 is 5.32 Å². The lowest BCUT2D eigenvalue weighted by atomic mass is 9.82. The molecule has 3 rings (SSSR count). The van der Waals surface area contributed by atoms with Crippen molar-refractivity contribution < 1.29 is 4.74 Å². The number of nitrogens with one attached hydrogen (secondary N) is 1. The van der Waals surface area contributed by atoms with Crippen LogP contribution in [0.5, 0.6) is 0 Å². The Labute approximate surface area is 114 Å².